The third-order valence-electron chi connectivity index (χ3n) is 2.66. The molecule has 0 saturated carbocycles. The van der Waals surface area contributed by atoms with Gasteiger partial charge in [-0.25, -0.2) is 0 Å². The molecular weight excluding hydrogens is 242 g/mol. The second kappa shape index (κ2) is 8.15. The highest BCUT2D eigenvalue weighted by Crippen LogP contribution is 2.21. The van der Waals surface area contributed by atoms with Crippen LogP contribution in [-0.2, 0) is 11.2 Å². The molecule has 1 atom stereocenters. The van der Waals surface area contributed by atoms with E-state index in [0.29, 0.717) is 12.6 Å². The van der Waals surface area contributed by atoms with Gasteiger partial charge in [0.05, 0.1) is 12.7 Å². The third-order valence-corrected chi connectivity index (χ3v) is 2.66. The van der Waals surface area contributed by atoms with Gasteiger partial charge in [-0.1, -0.05) is 13.8 Å². The molecule has 0 aliphatic rings. The van der Waals surface area contributed by atoms with Gasteiger partial charge in [-0.2, -0.15) is 0 Å². The highest BCUT2D eigenvalue weighted by atomic mass is 16.5. The number of nitrogens with one attached hydrogen (secondary N) is 1. The third kappa shape index (κ3) is 6.05. The molecule has 19 heavy (non-hydrogen) atoms. The molecule has 2 N–H and O–H groups in total. The summed E-state index contributed by atoms with van der Waals surface area (Å²) in [5.74, 6) is 0. The van der Waals surface area contributed by atoms with Gasteiger partial charge in [-0.05, 0) is 31.5 Å². The fourth-order valence-electron chi connectivity index (χ4n) is 1.66. The number of fused-ring (bicyclic) bond motifs is 2. The second-order valence-electron chi connectivity index (χ2n) is 5.03. The van der Waals surface area contributed by atoms with Crippen LogP contribution in [-0.4, -0.2) is 37.5 Å². The van der Waals surface area contributed by atoms with E-state index in [1.165, 1.54) is 5.56 Å². The van der Waals surface area contributed by atoms with Gasteiger partial charge < -0.3 is 19.6 Å². The highest BCUT2D eigenvalue weighted by molar-refractivity contribution is 5.65. The first kappa shape index (κ1) is 16.0. The Hall–Kier alpha value is -1.10. The maximum atomic E-state index is 8.74. The number of aliphatic hydroxyl groups is 1. The molecule has 0 radical (unpaired) electrons. The number of ether oxygens (including phenoxy) is 1. The highest BCUT2D eigenvalue weighted by Gasteiger charge is 2.05. The topological polar surface area (TPSA) is 54.6 Å². The molecule has 2 rings (SSSR count). The van der Waals surface area contributed by atoms with Gasteiger partial charge in [0.1, 0.15) is 11.2 Å². The van der Waals surface area contributed by atoms with Crippen molar-refractivity contribution in [3.05, 3.63) is 23.8 Å². The lowest BCUT2D eigenvalue weighted by molar-refractivity contribution is 0.188. The molecule has 2 heterocycles. The summed E-state index contributed by atoms with van der Waals surface area (Å²) in [6.45, 7) is 7.34. The zero-order valence-electron chi connectivity index (χ0n) is 12.3. The molecule has 2 aromatic heterocycles. The van der Waals surface area contributed by atoms with Crippen LogP contribution in [0.5, 0.6) is 0 Å². The Bertz CT molecular complexity index is 428. The Kier molecular flexibility index (Phi) is 6.84. The molecule has 2 bridgehead atoms. The summed E-state index contributed by atoms with van der Waals surface area (Å²) in [6, 6.07) is 6.52. The smallest absolute Gasteiger partial charge is 0.130 e. The fourth-order valence-corrected chi connectivity index (χ4v) is 1.66. The van der Waals surface area contributed by atoms with E-state index in [-0.39, 0.29) is 6.10 Å². The molecule has 0 aliphatic carbocycles. The van der Waals surface area contributed by atoms with Crippen LogP contribution in [0.4, 0.5) is 0 Å². The summed E-state index contributed by atoms with van der Waals surface area (Å²) in [5.41, 5.74) is 3.22. The van der Waals surface area contributed by atoms with Crippen molar-refractivity contribution in [2.45, 2.75) is 39.3 Å². The largest absolute Gasteiger partial charge is 0.457 e. The summed E-state index contributed by atoms with van der Waals surface area (Å²) in [4.78, 5) is 0. The number of methoxy groups -OCH3 is 1. The van der Waals surface area contributed by atoms with Crippen LogP contribution in [0.3, 0.4) is 0 Å². The summed E-state index contributed by atoms with van der Waals surface area (Å²) in [5, 5.41) is 11.8. The van der Waals surface area contributed by atoms with Crippen LogP contribution < -0.4 is 5.32 Å². The average Bonchev–Trinajstić information content (AvgIpc) is 2.96. The standard InChI is InChI=1S/C9H10O2.C6H15NO/c1-10-5-4-7-6-8-2-3-9(7)11-8;1-5(2)7-4-6(3)8/h2-3,6H,4-5H2,1H3;5-8H,4H2,1-3H3. The molecule has 0 fully saturated rings. The molecule has 0 aliphatic heterocycles. The van der Waals surface area contributed by atoms with E-state index in [4.69, 9.17) is 14.3 Å². The van der Waals surface area contributed by atoms with Gasteiger partial charge in [-0.3, -0.25) is 0 Å². The minimum Gasteiger partial charge on any atom is -0.457 e. The second-order valence-corrected chi connectivity index (χ2v) is 5.03. The van der Waals surface area contributed by atoms with E-state index in [2.05, 4.69) is 25.2 Å². The van der Waals surface area contributed by atoms with Crippen molar-refractivity contribution < 1.29 is 14.3 Å². The number of hydrogen-bond donors (Lipinski definition) is 2. The molecule has 1 unspecified atom stereocenters. The SMILES string of the molecule is CC(O)CNC(C)C.COCCc1cc2ccc1o2. The van der Waals surface area contributed by atoms with Crippen molar-refractivity contribution >= 4 is 11.2 Å². The van der Waals surface area contributed by atoms with E-state index in [1.54, 1.807) is 14.0 Å². The maximum Gasteiger partial charge on any atom is 0.130 e. The minimum atomic E-state index is -0.225. The molecule has 4 heteroatoms. The summed E-state index contributed by atoms with van der Waals surface area (Å²) in [7, 11) is 1.71. The van der Waals surface area contributed by atoms with Gasteiger partial charge in [0.2, 0.25) is 0 Å². The molecule has 108 valence electrons. The quantitative estimate of drug-likeness (QED) is 0.844. The normalized spacial score (nSPS) is 12.7. The van der Waals surface area contributed by atoms with E-state index in [0.717, 1.165) is 24.2 Å². The molecule has 0 amide bonds. The van der Waals surface area contributed by atoms with E-state index in [9.17, 15) is 0 Å². The molecule has 0 spiro atoms. The number of furan rings is 2. The molecule has 4 nitrogen and oxygen atoms in total. The summed E-state index contributed by atoms with van der Waals surface area (Å²) < 4.78 is 10.3. The van der Waals surface area contributed by atoms with Crippen molar-refractivity contribution in [1.29, 1.82) is 0 Å². The lowest BCUT2D eigenvalue weighted by atomic mass is 10.2. The predicted molar refractivity (Wildman–Crippen MR) is 77.8 cm³/mol. The zero-order valence-corrected chi connectivity index (χ0v) is 12.3. The summed E-state index contributed by atoms with van der Waals surface area (Å²) in [6.07, 6.45) is 0.719. The van der Waals surface area contributed by atoms with Crippen LogP contribution in [0.2, 0.25) is 0 Å². The van der Waals surface area contributed by atoms with Gasteiger partial charge in [0, 0.05) is 25.3 Å². The first-order valence-corrected chi connectivity index (χ1v) is 6.74. The van der Waals surface area contributed by atoms with Crippen molar-refractivity contribution in [1.82, 2.24) is 5.32 Å². The Morgan fingerprint density at radius 1 is 1.32 bits per heavy atom. The van der Waals surface area contributed by atoms with Gasteiger partial charge in [0.15, 0.2) is 0 Å². The van der Waals surface area contributed by atoms with E-state index in [1.807, 2.05) is 12.1 Å². The van der Waals surface area contributed by atoms with E-state index >= 15 is 0 Å². The lowest BCUT2D eigenvalue weighted by Gasteiger charge is -2.08. The minimum absolute atomic E-state index is 0.225. The monoisotopic (exact) mass is 267 g/mol. The fraction of sp³-hybridized carbons (Fsp3) is 0.600. The number of aliphatic hydroxyl groups excluding tert-OH is 1. The number of rotatable bonds is 6. The number of hydrogen-bond acceptors (Lipinski definition) is 4. The summed E-state index contributed by atoms with van der Waals surface area (Å²) >= 11 is 0. The van der Waals surface area contributed by atoms with Crippen LogP contribution in [0.1, 0.15) is 26.3 Å². The zero-order chi connectivity index (χ0) is 14.3. The van der Waals surface area contributed by atoms with E-state index < -0.39 is 0 Å². The van der Waals surface area contributed by atoms with Crippen molar-refractivity contribution in [3.63, 3.8) is 0 Å². The average molecular weight is 267 g/mol. The molecule has 2 aromatic rings. The van der Waals surface area contributed by atoms with Crippen LogP contribution in [0.25, 0.3) is 11.2 Å². The van der Waals surface area contributed by atoms with Crippen molar-refractivity contribution in [2.24, 2.45) is 0 Å². The Morgan fingerprint density at radius 3 is 2.42 bits per heavy atom. The molecule has 0 saturated heterocycles. The van der Waals surface area contributed by atoms with Crippen molar-refractivity contribution in [2.75, 3.05) is 20.3 Å². The van der Waals surface area contributed by atoms with Crippen LogP contribution in [0, 0.1) is 0 Å². The predicted octanol–water partition coefficient (Wildman–Crippen LogP) is 2.42. The maximum absolute atomic E-state index is 8.74. The van der Waals surface area contributed by atoms with Gasteiger partial charge in [0.25, 0.3) is 0 Å². The number of benzene rings is 1. The Morgan fingerprint density at radius 2 is 2.05 bits per heavy atom. The lowest BCUT2D eigenvalue weighted by Crippen LogP contribution is -2.30. The van der Waals surface area contributed by atoms with Gasteiger partial charge >= 0.3 is 0 Å². The molecule has 0 aromatic carbocycles. The van der Waals surface area contributed by atoms with Crippen LogP contribution >= 0.6 is 0 Å². The Labute approximate surface area is 115 Å². The first-order valence-electron chi connectivity index (χ1n) is 6.74. The van der Waals surface area contributed by atoms with Crippen molar-refractivity contribution in [3.8, 4) is 0 Å². The first-order chi connectivity index (χ1) is 9.02. The van der Waals surface area contributed by atoms with Gasteiger partial charge in [-0.15, -0.1) is 0 Å². The van der Waals surface area contributed by atoms with Crippen LogP contribution in [0.15, 0.2) is 22.6 Å². The molecular formula is C15H25NO3. The Balaban J connectivity index is 0.000000203.